The summed E-state index contributed by atoms with van der Waals surface area (Å²) in [6.07, 6.45) is 2.47. The van der Waals surface area contributed by atoms with Crippen molar-refractivity contribution in [2.24, 2.45) is 0 Å². The zero-order chi connectivity index (χ0) is 13.2. The number of rotatable bonds is 5. The topological polar surface area (TPSA) is 23.5 Å². The van der Waals surface area contributed by atoms with Gasteiger partial charge in [0, 0.05) is 27.2 Å². The van der Waals surface area contributed by atoms with Crippen LogP contribution >= 0.6 is 22.9 Å². The van der Waals surface area contributed by atoms with E-state index >= 15 is 0 Å². The van der Waals surface area contributed by atoms with Crippen molar-refractivity contribution in [3.8, 4) is 0 Å². The van der Waals surface area contributed by atoms with E-state index in [2.05, 4.69) is 22.4 Å². The van der Waals surface area contributed by atoms with E-state index in [-0.39, 0.29) is 6.61 Å². The Kier molecular flexibility index (Phi) is 3.78. The van der Waals surface area contributed by atoms with Gasteiger partial charge in [-0.05, 0) is 42.5 Å². The molecule has 1 N–H and O–H groups in total. The first-order valence-corrected chi connectivity index (χ1v) is 7.72. The summed E-state index contributed by atoms with van der Waals surface area (Å²) in [5.41, 5.74) is 2.03. The minimum Gasteiger partial charge on any atom is -0.392 e. The molecule has 0 atom stereocenters. The molecule has 0 unspecified atom stereocenters. The predicted molar refractivity (Wildman–Crippen MR) is 80.9 cm³/mol. The van der Waals surface area contributed by atoms with Gasteiger partial charge in [-0.2, -0.15) is 0 Å². The molecule has 0 amide bonds. The number of hydrogen-bond donors (Lipinski definition) is 1. The lowest BCUT2D eigenvalue weighted by molar-refractivity contribution is 0.282. The summed E-state index contributed by atoms with van der Waals surface area (Å²) in [6, 6.07) is 10.6. The highest BCUT2D eigenvalue weighted by Gasteiger charge is 2.30. The highest BCUT2D eigenvalue weighted by atomic mass is 35.5. The normalized spacial score (nSPS) is 14.6. The average Bonchev–Trinajstić information content (AvgIpc) is 3.13. The lowest BCUT2D eigenvalue weighted by Gasteiger charge is -2.26. The molecule has 100 valence electrons. The molecule has 4 heteroatoms. The average molecular weight is 294 g/mol. The number of hydrogen-bond acceptors (Lipinski definition) is 3. The van der Waals surface area contributed by atoms with Crippen molar-refractivity contribution >= 4 is 28.6 Å². The number of nitrogens with zero attached hydrogens (tertiary/aromatic N) is 1. The first-order chi connectivity index (χ1) is 9.28. The molecule has 0 radical (unpaired) electrons. The van der Waals surface area contributed by atoms with Gasteiger partial charge >= 0.3 is 0 Å². The molecule has 2 aromatic rings. The number of thiophene rings is 1. The molecular weight excluding hydrogens is 278 g/mol. The van der Waals surface area contributed by atoms with Crippen LogP contribution in [-0.4, -0.2) is 11.1 Å². The van der Waals surface area contributed by atoms with Gasteiger partial charge in [0.25, 0.3) is 0 Å². The number of anilines is 1. The molecule has 1 aliphatic rings. The van der Waals surface area contributed by atoms with Crippen molar-refractivity contribution in [3.05, 3.63) is 51.2 Å². The van der Waals surface area contributed by atoms with E-state index in [1.165, 1.54) is 17.7 Å². The van der Waals surface area contributed by atoms with Crippen LogP contribution in [0.4, 0.5) is 5.69 Å². The van der Waals surface area contributed by atoms with Gasteiger partial charge in [0.15, 0.2) is 0 Å². The molecule has 2 nitrogen and oxygen atoms in total. The molecule has 1 fully saturated rings. The van der Waals surface area contributed by atoms with E-state index in [0.29, 0.717) is 11.1 Å². The van der Waals surface area contributed by atoms with E-state index in [4.69, 9.17) is 11.6 Å². The van der Waals surface area contributed by atoms with Crippen molar-refractivity contribution < 1.29 is 5.11 Å². The van der Waals surface area contributed by atoms with Crippen LogP contribution in [0.3, 0.4) is 0 Å². The number of benzene rings is 1. The highest BCUT2D eigenvalue weighted by Crippen LogP contribution is 2.36. The standard InChI is InChI=1S/C15H16ClNOS/c16-12-3-6-15(11(8-12)10-18)17(13-4-5-13)9-14-2-1-7-19-14/h1-3,6-8,13,18H,4-5,9-10H2. The summed E-state index contributed by atoms with van der Waals surface area (Å²) < 4.78 is 0. The smallest absolute Gasteiger partial charge is 0.0702 e. The third kappa shape index (κ3) is 2.94. The summed E-state index contributed by atoms with van der Waals surface area (Å²) >= 11 is 7.79. The van der Waals surface area contributed by atoms with Crippen LogP contribution in [0.1, 0.15) is 23.3 Å². The summed E-state index contributed by atoms with van der Waals surface area (Å²) in [5.74, 6) is 0. The Bertz CT molecular complexity index is 551. The Hall–Kier alpha value is -1.03. The summed E-state index contributed by atoms with van der Waals surface area (Å²) in [6.45, 7) is 0.945. The van der Waals surface area contributed by atoms with Gasteiger partial charge in [-0.1, -0.05) is 17.7 Å². The molecule has 0 bridgehead atoms. The SMILES string of the molecule is OCc1cc(Cl)ccc1N(Cc1cccs1)C1CC1. The fourth-order valence-electron chi connectivity index (χ4n) is 2.33. The van der Waals surface area contributed by atoms with Crippen molar-refractivity contribution in [3.63, 3.8) is 0 Å². The van der Waals surface area contributed by atoms with Gasteiger partial charge in [-0.25, -0.2) is 0 Å². The molecule has 1 aromatic heterocycles. The second kappa shape index (κ2) is 5.53. The van der Waals surface area contributed by atoms with Crippen LogP contribution in [0.15, 0.2) is 35.7 Å². The monoisotopic (exact) mass is 293 g/mol. The van der Waals surface area contributed by atoms with E-state index in [1.807, 2.05) is 18.2 Å². The molecule has 1 heterocycles. The van der Waals surface area contributed by atoms with Crippen molar-refractivity contribution in [1.82, 2.24) is 0 Å². The molecule has 1 saturated carbocycles. The van der Waals surface area contributed by atoms with E-state index < -0.39 is 0 Å². The second-order valence-corrected chi connectivity index (χ2v) is 6.34. The maximum Gasteiger partial charge on any atom is 0.0702 e. The van der Waals surface area contributed by atoms with Crippen LogP contribution in [-0.2, 0) is 13.2 Å². The lowest BCUT2D eigenvalue weighted by atomic mass is 10.1. The molecule has 0 aliphatic heterocycles. The fraction of sp³-hybridized carbons (Fsp3) is 0.333. The summed E-state index contributed by atoms with van der Waals surface area (Å²) in [7, 11) is 0. The molecule has 0 saturated heterocycles. The third-order valence-electron chi connectivity index (χ3n) is 3.42. The van der Waals surface area contributed by atoms with Gasteiger partial charge in [-0.3, -0.25) is 0 Å². The van der Waals surface area contributed by atoms with Crippen LogP contribution in [0.5, 0.6) is 0 Å². The van der Waals surface area contributed by atoms with Crippen LogP contribution in [0.25, 0.3) is 0 Å². The van der Waals surface area contributed by atoms with Crippen LogP contribution in [0.2, 0.25) is 5.02 Å². The van der Waals surface area contributed by atoms with Crippen molar-refractivity contribution in [1.29, 1.82) is 0 Å². The van der Waals surface area contributed by atoms with Gasteiger partial charge < -0.3 is 10.0 Å². The van der Waals surface area contributed by atoms with Gasteiger partial charge in [0.05, 0.1) is 13.2 Å². The molecule has 1 aromatic carbocycles. The Morgan fingerprint density at radius 1 is 1.32 bits per heavy atom. The van der Waals surface area contributed by atoms with Gasteiger partial charge in [0.2, 0.25) is 0 Å². The minimum atomic E-state index is 0.0313. The highest BCUT2D eigenvalue weighted by molar-refractivity contribution is 7.09. The fourth-order valence-corrected chi connectivity index (χ4v) is 3.23. The molecule has 19 heavy (non-hydrogen) atoms. The largest absolute Gasteiger partial charge is 0.392 e. The Morgan fingerprint density at radius 2 is 2.16 bits per heavy atom. The van der Waals surface area contributed by atoms with Crippen LogP contribution in [0, 0.1) is 0 Å². The Labute approximate surface area is 122 Å². The number of aliphatic hydroxyl groups is 1. The van der Waals surface area contributed by atoms with Crippen LogP contribution < -0.4 is 4.90 Å². The molecule has 1 aliphatic carbocycles. The van der Waals surface area contributed by atoms with Gasteiger partial charge in [-0.15, -0.1) is 11.3 Å². The Morgan fingerprint density at radius 3 is 2.79 bits per heavy atom. The molecule has 0 spiro atoms. The van der Waals surface area contributed by atoms with Crippen molar-refractivity contribution in [2.45, 2.75) is 32.0 Å². The first-order valence-electron chi connectivity index (χ1n) is 6.46. The minimum absolute atomic E-state index is 0.0313. The zero-order valence-corrected chi connectivity index (χ0v) is 12.1. The molecular formula is C15H16ClNOS. The zero-order valence-electron chi connectivity index (χ0n) is 10.6. The maximum atomic E-state index is 9.54. The first kappa shape index (κ1) is 13.0. The van der Waals surface area contributed by atoms with Gasteiger partial charge in [0.1, 0.15) is 0 Å². The van der Waals surface area contributed by atoms with E-state index in [1.54, 1.807) is 11.3 Å². The third-order valence-corrected chi connectivity index (χ3v) is 4.51. The number of aliphatic hydroxyl groups excluding tert-OH is 1. The summed E-state index contributed by atoms with van der Waals surface area (Å²) in [4.78, 5) is 3.75. The maximum absolute atomic E-state index is 9.54. The second-order valence-electron chi connectivity index (χ2n) is 4.87. The predicted octanol–water partition coefficient (Wildman–Crippen LogP) is 4.06. The Balaban J connectivity index is 1.91. The van der Waals surface area contributed by atoms with E-state index in [9.17, 15) is 5.11 Å². The lowest BCUT2D eigenvalue weighted by Crippen LogP contribution is -2.25. The summed E-state index contributed by atoms with van der Waals surface area (Å²) in [5, 5.41) is 12.3. The molecule has 3 rings (SSSR count). The van der Waals surface area contributed by atoms with Crippen molar-refractivity contribution in [2.75, 3.05) is 4.90 Å². The van der Waals surface area contributed by atoms with E-state index in [0.717, 1.165) is 17.8 Å². The number of halogens is 1. The quantitative estimate of drug-likeness (QED) is 0.898.